The molecule has 14 heavy (non-hydrogen) atoms. The summed E-state index contributed by atoms with van der Waals surface area (Å²) in [5, 5.41) is 17.7. The Morgan fingerprint density at radius 1 is 1.36 bits per heavy atom. The largest absolute Gasteiger partial charge is 0.373 e. The highest BCUT2D eigenvalue weighted by Gasteiger charge is 2.23. The Labute approximate surface area is 82.3 Å². The van der Waals surface area contributed by atoms with E-state index in [1.807, 2.05) is 4.90 Å². The van der Waals surface area contributed by atoms with E-state index in [1.54, 1.807) is 6.08 Å². The summed E-state index contributed by atoms with van der Waals surface area (Å²) in [6.45, 7) is 2.53. The number of hydrogen-bond donors (Lipinski definition) is 0. The van der Waals surface area contributed by atoms with Gasteiger partial charge in [-0.2, -0.15) is 10.5 Å². The SMILES string of the molecule is N#CC1=CC(C#N)=C2COCCN2C1. The summed E-state index contributed by atoms with van der Waals surface area (Å²) < 4.78 is 5.28. The molecule has 2 heterocycles. The minimum atomic E-state index is 0.484. The topological polar surface area (TPSA) is 60.1 Å². The van der Waals surface area contributed by atoms with Gasteiger partial charge in [-0.25, -0.2) is 0 Å². The van der Waals surface area contributed by atoms with Gasteiger partial charge in [0.1, 0.15) is 6.07 Å². The van der Waals surface area contributed by atoms with Gasteiger partial charge in [-0.15, -0.1) is 0 Å². The van der Waals surface area contributed by atoms with Crippen LogP contribution >= 0.6 is 0 Å². The summed E-state index contributed by atoms with van der Waals surface area (Å²) in [7, 11) is 0. The second kappa shape index (κ2) is 3.53. The molecule has 0 aromatic rings. The molecule has 0 bridgehead atoms. The average molecular weight is 187 g/mol. The second-order valence-corrected chi connectivity index (χ2v) is 3.23. The molecule has 0 unspecified atom stereocenters. The standard InChI is InChI=1S/C10H9N3O/c11-4-8-3-9(5-12)10-7-14-2-1-13(10)6-8/h3H,1-2,6-7H2. The van der Waals surface area contributed by atoms with E-state index in [1.165, 1.54) is 0 Å². The molecule has 1 saturated heterocycles. The van der Waals surface area contributed by atoms with Crippen LogP contribution in [0.4, 0.5) is 0 Å². The Balaban J connectivity index is 2.39. The van der Waals surface area contributed by atoms with Crippen molar-refractivity contribution in [1.29, 1.82) is 10.5 Å². The van der Waals surface area contributed by atoms with Crippen LogP contribution in [0.25, 0.3) is 0 Å². The Morgan fingerprint density at radius 2 is 2.21 bits per heavy atom. The van der Waals surface area contributed by atoms with E-state index < -0.39 is 0 Å². The molecule has 0 aromatic carbocycles. The molecule has 0 saturated carbocycles. The lowest BCUT2D eigenvalue weighted by molar-refractivity contribution is 0.0758. The molecule has 0 N–H and O–H groups in total. The normalized spacial score (nSPS) is 20.7. The Bertz CT molecular complexity index is 395. The van der Waals surface area contributed by atoms with E-state index in [9.17, 15) is 0 Å². The fourth-order valence-corrected chi connectivity index (χ4v) is 1.67. The number of nitriles is 2. The third-order valence-electron chi connectivity index (χ3n) is 2.38. The summed E-state index contributed by atoms with van der Waals surface area (Å²) in [5.74, 6) is 0. The number of hydrogen-bond acceptors (Lipinski definition) is 4. The molecular formula is C10H9N3O. The minimum Gasteiger partial charge on any atom is -0.373 e. The number of allylic oxidation sites excluding steroid dienone is 2. The molecule has 1 fully saturated rings. The van der Waals surface area contributed by atoms with E-state index in [0.717, 1.165) is 12.2 Å². The summed E-state index contributed by atoms with van der Waals surface area (Å²) in [5.41, 5.74) is 2.12. The van der Waals surface area contributed by atoms with Gasteiger partial charge < -0.3 is 9.64 Å². The van der Waals surface area contributed by atoms with Crippen molar-refractivity contribution in [2.45, 2.75) is 0 Å². The number of ether oxygens (including phenoxy) is 1. The lowest BCUT2D eigenvalue weighted by atomic mass is 10.0. The molecule has 70 valence electrons. The minimum absolute atomic E-state index is 0.484. The first kappa shape index (κ1) is 8.80. The van der Waals surface area contributed by atoms with Crippen molar-refractivity contribution >= 4 is 0 Å². The van der Waals surface area contributed by atoms with Crippen molar-refractivity contribution < 1.29 is 4.74 Å². The van der Waals surface area contributed by atoms with E-state index in [2.05, 4.69) is 12.1 Å². The fraction of sp³-hybridized carbons (Fsp3) is 0.400. The maximum atomic E-state index is 8.90. The fourth-order valence-electron chi connectivity index (χ4n) is 1.67. The monoisotopic (exact) mass is 187 g/mol. The van der Waals surface area contributed by atoms with Crippen LogP contribution in [0.1, 0.15) is 0 Å². The molecule has 4 heteroatoms. The lowest BCUT2D eigenvalue weighted by Crippen LogP contribution is -2.38. The predicted octanol–water partition coefficient (Wildman–Crippen LogP) is 0.560. The number of rotatable bonds is 0. The zero-order valence-electron chi connectivity index (χ0n) is 7.66. The van der Waals surface area contributed by atoms with Crippen LogP contribution in [0.2, 0.25) is 0 Å². The van der Waals surface area contributed by atoms with Crippen LogP contribution in [0.3, 0.4) is 0 Å². The third kappa shape index (κ3) is 1.37. The smallest absolute Gasteiger partial charge is 0.101 e. The second-order valence-electron chi connectivity index (χ2n) is 3.23. The van der Waals surface area contributed by atoms with E-state index >= 15 is 0 Å². The number of fused-ring (bicyclic) bond motifs is 1. The highest BCUT2D eigenvalue weighted by molar-refractivity contribution is 5.47. The molecule has 0 spiro atoms. The molecule has 0 radical (unpaired) electrons. The highest BCUT2D eigenvalue weighted by Crippen LogP contribution is 2.22. The average Bonchev–Trinajstić information content (AvgIpc) is 2.27. The lowest BCUT2D eigenvalue weighted by Gasteiger charge is -2.34. The summed E-state index contributed by atoms with van der Waals surface area (Å²) >= 11 is 0. The Hall–Kier alpha value is -1.78. The van der Waals surface area contributed by atoms with Crippen LogP contribution < -0.4 is 0 Å². The first-order valence-corrected chi connectivity index (χ1v) is 4.42. The van der Waals surface area contributed by atoms with Crippen molar-refractivity contribution in [2.24, 2.45) is 0 Å². The van der Waals surface area contributed by atoms with Crippen LogP contribution in [0.15, 0.2) is 22.9 Å². The third-order valence-corrected chi connectivity index (χ3v) is 2.38. The van der Waals surface area contributed by atoms with Crippen LogP contribution in [-0.4, -0.2) is 31.2 Å². The molecule has 2 aliphatic rings. The van der Waals surface area contributed by atoms with Crippen LogP contribution in [0, 0.1) is 22.7 Å². The van der Waals surface area contributed by atoms with Crippen LogP contribution in [-0.2, 0) is 4.74 Å². The first-order valence-electron chi connectivity index (χ1n) is 4.42. The Kier molecular flexibility index (Phi) is 2.22. The molecule has 0 aromatic heterocycles. The van der Waals surface area contributed by atoms with Crippen molar-refractivity contribution in [3.05, 3.63) is 22.9 Å². The van der Waals surface area contributed by atoms with Gasteiger partial charge in [0.15, 0.2) is 0 Å². The number of nitrogens with zero attached hydrogens (tertiary/aromatic N) is 3. The molecule has 4 nitrogen and oxygen atoms in total. The first-order chi connectivity index (χ1) is 6.85. The molecule has 2 aliphatic heterocycles. The molecular weight excluding hydrogens is 178 g/mol. The molecule has 0 atom stereocenters. The van der Waals surface area contributed by atoms with Gasteiger partial charge in [0.05, 0.1) is 42.7 Å². The summed E-state index contributed by atoms with van der Waals surface area (Å²) in [6.07, 6.45) is 1.65. The predicted molar refractivity (Wildman–Crippen MR) is 48.7 cm³/mol. The molecule has 2 rings (SSSR count). The van der Waals surface area contributed by atoms with E-state index in [-0.39, 0.29) is 0 Å². The van der Waals surface area contributed by atoms with Gasteiger partial charge in [-0.3, -0.25) is 0 Å². The zero-order chi connectivity index (χ0) is 9.97. The maximum absolute atomic E-state index is 8.90. The zero-order valence-corrected chi connectivity index (χ0v) is 7.66. The van der Waals surface area contributed by atoms with E-state index in [4.69, 9.17) is 15.3 Å². The van der Waals surface area contributed by atoms with E-state index in [0.29, 0.717) is 30.9 Å². The van der Waals surface area contributed by atoms with Gasteiger partial charge in [0, 0.05) is 6.54 Å². The highest BCUT2D eigenvalue weighted by atomic mass is 16.5. The van der Waals surface area contributed by atoms with Crippen molar-refractivity contribution in [3.63, 3.8) is 0 Å². The van der Waals surface area contributed by atoms with Crippen molar-refractivity contribution in [1.82, 2.24) is 4.90 Å². The molecule has 0 amide bonds. The quantitative estimate of drug-likeness (QED) is 0.556. The number of morpholine rings is 1. The van der Waals surface area contributed by atoms with Gasteiger partial charge in [-0.1, -0.05) is 0 Å². The summed E-state index contributed by atoms with van der Waals surface area (Å²) in [4.78, 5) is 2.04. The van der Waals surface area contributed by atoms with Crippen LogP contribution in [0.5, 0.6) is 0 Å². The van der Waals surface area contributed by atoms with Gasteiger partial charge in [0.25, 0.3) is 0 Å². The van der Waals surface area contributed by atoms with Gasteiger partial charge in [-0.05, 0) is 6.08 Å². The van der Waals surface area contributed by atoms with Gasteiger partial charge >= 0.3 is 0 Å². The Morgan fingerprint density at radius 3 is 2.93 bits per heavy atom. The summed E-state index contributed by atoms with van der Waals surface area (Å²) in [6, 6.07) is 4.19. The van der Waals surface area contributed by atoms with Crippen molar-refractivity contribution in [3.8, 4) is 12.1 Å². The van der Waals surface area contributed by atoms with Crippen molar-refractivity contribution in [2.75, 3.05) is 26.3 Å². The maximum Gasteiger partial charge on any atom is 0.101 e. The van der Waals surface area contributed by atoms with Gasteiger partial charge in [0.2, 0.25) is 0 Å². The molecule has 0 aliphatic carbocycles.